The number of aryl methyl sites for hydroxylation is 3. The molecular weight excluding hydrogens is 324 g/mol. The minimum atomic E-state index is -0.294. The zero-order valence-corrected chi connectivity index (χ0v) is 15.4. The molecule has 2 rings (SSSR count). The highest BCUT2D eigenvalue weighted by Crippen LogP contribution is 2.27. The van der Waals surface area contributed by atoms with Crippen molar-refractivity contribution in [1.29, 1.82) is 0 Å². The molecule has 24 heavy (non-hydrogen) atoms. The fraction of sp³-hybridized carbons (Fsp3) is 0.350. The topological polar surface area (TPSA) is 35.5 Å². The summed E-state index contributed by atoms with van der Waals surface area (Å²) in [5, 5.41) is 0.593. The highest BCUT2D eigenvalue weighted by molar-refractivity contribution is 6.31. The van der Waals surface area contributed by atoms with Gasteiger partial charge in [0, 0.05) is 10.6 Å². The number of esters is 1. The van der Waals surface area contributed by atoms with Crippen LogP contribution in [0, 0.1) is 13.8 Å². The van der Waals surface area contributed by atoms with Gasteiger partial charge in [-0.2, -0.15) is 0 Å². The van der Waals surface area contributed by atoms with Gasteiger partial charge >= 0.3 is 5.97 Å². The van der Waals surface area contributed by atoms with Gasteiger partial charge in [0.25, 0.3) is 0 Å². The molecule has 2 aromatic rings. The van der Waals surface area contributed by atoms with Gasteiger partial charge < -0.3 is 9.47 Å². The summed E-state index contributed by atoms with van der Waals surface area (Å²) >= 11 is 6.31. The molecular formula is C20H23ClO3. The second-order valence-corrected chi connectivity index (χ2v) is 6.22. The maximum atomic E-state index is 11.6. The van der Waals surface area contributed by atoms with Gasteiger partial charge in [-0.05, 0) is 54.7 Å². The normalized spacial score (nSPS) is 10.5. The zero-order chi connectivity index (χ0) is 17.7. The number of carbonyl (C=O) groups is 1. The molecule has 0 unspecified atom stereocenters. The number of ether oxygens (including phenoxy) is 2. The van der Waals surface area contributed by atoms with Crippen LogP contribution in [0.5, 0.6) is 5.75 Å². The number of hydrogen-bond acceptors (Lipinski definition) is 3. The molecule has 0 radical (unpaired) electrons. The summed E-state index contributed by atoms with van der Waals surface area (Å²) in [7, 11) is 1.38. The lowest BCUT2D eigenvalue weighted by atomic mass is 10.0. The molecule has 0 aliphatic heterocycles. The van der Waals surface area contributed by atoms with Crippen LogP contribution in [0.25, 0.3) is 0 Å². The number of rotatable bonds is 6. The lowest BCUT2D eigenvalue weighted by molar-refractivity contribution is -0.139. The molecule has 0 fully saturated rings. The average molecular weight is 347 g/mol. The van der Waals surface area contributed by atoms with Crippen LogP contribution in [-0.4, -0.2) is 13.1 Å². The van der Waals surface area contributed by atoms with Crippen molar-refractivity contribution in [3.8, 4) is 5.75 Å². The summed E-state index contributed by atoms with van der Waals surface area (Å²) in [6.45, 7) is 6.59. The van der Waals surface area contributed by atoms with E-state index < -0.39 is 0 Å². The molecule has 2 aromatic carbocycles. The van der Waals surface area contributed by atoms with E-state index in [2.05, 4.69) is 26.0 Å². The van der Waals surface area contributed by atoms with Gasteiger partial charge in [-0.15, -0.1) is 0 Å². The van der Waals surface area contributed by atoms with E-state index in [4.69, 9.17) is 21.1 Å². The van der Waals surface area contributed by atoms with Crippen molar-refractivity contribution in [3.05, 3.63) is 63.2 Å². The standard InChI is InChI=1S/C20H23ClO3/c1-5-15-9-14(3)19(10-13(15)2)24-12-17-16(11-20(22)23-4)7-6-8-18(17)21/h6-10H,5,11-12H2,1-4H3. The quantitative estimate of drug-likeness (QED) is 0.704. The molecule has 0 bridgehead atoms. The number of carbonyl (C=O) groups excluding carboxylic acids is 1. The first-order chi connectivity index (χ1) is 11.5. The largest absolute Gasteiger partial charge is 0.489 e. The van der Waals surface area contributed by atoms with Gasteiger partial charge in [0.1, 0.15) is 12.4 Å². The number of hydrogen-bond donors (Lipinski definition) is 0. The van der Waals surface area contributed by atoms with E-state index in [1.165, 1.54) is 18.2 Å². The summed E-state index contributed by atoms with van der Waals surface area (Å²) in [6, 6.07) is 9.73. The minimum absolute atomic E-state index is 0.183. The van der Waals surface area contributed by atoms with Crippen molar-refractivity contribution in [2.45, 2.75) is 40.2 Å². The third-order valence-electron chi connectivity index (χ3n) is 4.16. The van der Waals surface area contributed by atoms with Crippen molar-refractivity contribution < 1.29 is 14.3 Å². The van der Waals surface area contributed by atoms with Crippen LogP contribution in [0.4, 0.5) is 0 Å². The van der Waals surface area contributed by atoms with Crippen molar-refractivity contribution in [1.82, 2.24) is 0 Å². The summed E-state index contributed by atoms with van der Waals surface area (Å²) in [4.78, 5) is 11.6. The van der Waals surface area contributed by atoms with E-state index in [0.29, 0.717) is 11.6 Å². The van der Waals surface area contributed by atoms with E-state index in [0.717, 1.165) is 28.9 Å². The van der Waals surface area contributed by atoms with Crippen molar-refractivity contribution in [2.24, 2.45) is 0 Å². The van der Waals surface area contributed by atoms with Crippen LogP contribution in [0.2, 0.25) is 5.02 Å². The minimum Gasteiger partial charge on any atom is -0.489 e. The summed E-state index contributed by atoms with van der Waals surface area (Å²) in [5.74, 6) is 0.548. The molecule has 0 atom stereocenters. The van der Waals surface area contributed by atoms with Crippen LogP contribution in [-0.2, 0) is 29.0 Å². The molecule has 0 aromatic heterocycles. The Kier molecular flexibility index (Phi) is 6.27. The SMILES string of the molecule is CCc1cc(C)c(OCc2c(Cl)cccc2CC(=O)OC)cc1C. The Morgan fingerprint density at radius 2 is 1.88 bits per heavy atom. The first-order valence-corrected chi connectivity index (χ1v) is 8.40. The summed E-state index contributed by atoms with van der Waals surface area (Å²) in [6.07, 6.45) is 1.18. The lowest BCUT2D eigenvalue weighted by Crippen LogP contribution is -2.09. The Balaban J connectivity index is 2.23. The van der Waals surface area contributed by atoms with Crippen molar-refractivity contribution >= 4 is 17.6 Å². The van der Waals surface area contributed by atoms with Crippen LogP contribution < -0.4 is 4.74 Å². The van der Waals surface area contributed by atoms with Crippen LogP contribution >= 0.6 is 11.6 Å². The van der Waals surface area contributed by atoms with Gasteiger partial charge in [-0.25, -0.2) is 0 Å². The monoisotopic (exact) mass is 346 g/mol. The van der Waals surface area contributed by atoms with Gasteiger partial charge in [0.05, 0.1) is 13.5 Å². The Bertz CT molecular complexity index is 738. The average Bonchev–Trinajstić information content (AvgIpc) is 2.56. The predicted molar refractivity (Wildman–Crippen MR) is 96.8 cm³/mol. The molecule has 4 heteroatoms. The van der Waals surface area contributed by atoms with Crippen LogP contribution in [0.1, 0.15) is 34.7 Å². The van der Waals surface area contributed by atoms with Gasteiger partial charge in [-0.3, -0.25) is 4.79 Å². The molecule has 0 saturated carbocycles. The second-order valence-electron chi connectivity index (χ2n) is 5.82. The van der Waals surface area contributed by atoms with E-state index in [1.807, 2.05) is 19.1 Å². The fourth-order valence-corrected chi connectivity index (χ4v) is 2.94. The van der Waals surface area contributed by atoms with E-state index in [9.17, 15) is 4.79 Å². The Hall–Kier alpha value is -2.00. The second kappa shape index (κ2) is 8.20. The Morgan fingerprint density at radius 1 is 1.12 bits per heavy atom. The third-order valence-corrected chi connectivity index (χ3v) is 4.52. The first kappa shape index (κ1) is 18.3. The zero-order valence-electron chi connectivity index (χ0n) is 14.6. The van der Waals surface area contributed by atoms with Gasteiger partial charge in [-0.1, -0.05) is 36.7 Å². The number of methoxy groups -OCH3 is 1. The molecule has 128 valence electrons. The molecule has 0 amide bonds. The molecule has 0 saturated heterocycles. The molecule has 0 spiro atoms. The first-order valence-electron chi connectivity index (χ1n) is 8.02. The molecule has 3 nitrogen and oxygen atoms in total. The van der Waals surface area contributed by atoms with Crippen molar-refractivity contribution in [3.63, 3.8) is 0 Å². The Morgan fingerprint density at radius 3 is 2.54 bits per heavy atom. The highest BCUT2D eigenvalue weighted by atomic mass is 35.5. The maximum absolute atomic E-state index is 11.6. The van der Waals surface area contributed by atoms with E-state index >= 15 is 0 Å². The fourth-order valence-electron chi connectivity index (χ4n) is 2.69. The molecule has 0 aliphatic carbocycles. The summed E-state index contributed by atoms with van der Waals surface area (Å²) in [5.41, 5.74) is 5.28. The van der Waals surface area contributed by atoms with Crippen LogP contribution in [0.3, 0.4) is 0 Å². The number of benzene rings is 2. The lowest BCUT2D eigenvalue weighted by Gasteiger charge is -2.15. The molecule has 0 aliphatic rings. The highest BCUT2D eigenvalue weighted by Gasteiger charge is 2.13. The number of halogens is 1. The summed E-state index contributed by atoms with van der Waals surface area (Å²) < 4.78 is 10.8. The Labute approximate surface area is 148 Å². The van der Waals surface area contributed by atoms with Gasteiger partial charge in [0.2, 0.25) is 0 Å². The molecule has 0 N–H and O–H groups in total. The van der Waals surface area contributed by atoms with Crippen LogP contribution in [0.15, 0.2) is 30.3 Å². The maximum Gasteiger partial charge on any atom is 0.309 e. The molecule has 0 heterocycles. The third kappa shape index (κ3) is 4.30. The van der Waals surface area contributed by atoms with Crippen molar-refractivity contribution in [2.75, 3.05) is 7.11 Å². The smallest absolute Gasteiger partial charge is 0.309 e. The van der Waals surface area contributed by atoms with Gasteiger partial charge in [0.15, 0.2) is 0 Å². The predicted octanol–water partition coefficient (Wildman–Crippen LogP) is 4.81. The van der Waals surface area contributed by atoms with E-state index in [1.54, 1.807) is 6.07 Å². The van der Waals surface area contributed by atoms with E-state index in [-0.39, 0.29) is 12.4 Å².